The lowest BCUT2D eigenvalue weighted by molar-refractivity contribution is -0.123. The first-order chi connectivity index (χ1) is 12.1. The number of carbonyl (C=O) groups excluding carboxylic acids is 1. The van der Waals surface area contributed by atoms with Gasteiger partial charge in [0, 0.05) is 0 Å². The molecule has 4 nitrogen and oxygen atoms in total. The molecule has 128 valence electrons. The number of hydrazone groups is 1. The van der Waals surface area contributed by atoms with Crippen LogP contribution in [-0.4, -0.2) is 18.2 Å². The van der Waals surface area contributed by atoms with Gasteiger partial charge in [0.05, 0.1) is 5.71 Å². The van der Waals surface area contributed by atoms with Gasteiger partial charge in [-0.3, -0.25) is 4.79 Å². The van der Waals surface area contributed by atoms with E-state index in [1.54, 1.807) is 0 Å². The van der Waals surface area contributed by atoms with Crippen molar-refractivity contribution in [2.75, 3.05) is 6.61 Å². The summed E-state index contributed by atoms with van der Waals surface area (Å²) in [5.41, 5.74) is 5.29. The van der Waals surface area contributed by atoms with Gasteiger partial charge in [0.25, 0.3) is 5.91 Å². The Morgan fingerprint density at radius 3 is 2.56 bits per heavy atom. The molecule has 2 rings (SSSR count). The van der Waals surface area contributed by atoms with Gasteiger partial charge in [-0.2, -0.15) is 5.10 Å². The molecular weight excluding hydrogens is 312 g/mol. The van der Waals surface area contributed by atoms with Crippen LogP contribution in [0, 0.1) is 6.92 Å². The highest BCUT2D eigenvalue weighted by Crippen LogP contribution is 2.15. The van der Waals surface area contributed by atoms with Crippen molar-refractivity contribution < 1.29 is 9.53 Å². The molecule has 1 amide bonds. The van der Waals surface area contributed by atoms with Crippen molar-refractivity contribution >= 4 is 17.7 Å². The average Bonchev–Trinajstić information content (AvgIpc) is 2.64. The van der Waals surface area contributed by atoms with E-state index < -0.39 is 0 Å². The topological polar surface area (TPSA) is 50.7 Å². The lowest BCUT2D eigenvalue weighted by Crippen LogP contribution is -2.25. The smallest absolute Gasteiger partial charge is 0.277 e. The number of benzene rings is 2. The molecule has 0 fully saturated rings. The number of carbonyl (C=O) groups is 1. The SMILES string of the molecule is CC(/C=C/C=C/c1ccccc1)=N/NC(=O)COc1ccccc1C. The average molecular weight is 334 g/mol. The van der Waals surface area contributed by atoms with E-state index >= 15 is 0 Å². The Labute approximate surface area is 148 Å². The predicted octanol–water partition coefficient (Wildman–Crippen LogP) is 4.14. The Morgan fingerprint density at radius 2 is 1.80 bits per heavy atom. The summed E-state index contributed by atoms with van der Waals surface area (Å²) < 4.78 is 5.47. The van der Waals surface area contributed by atoms with Crippen molar-refractivity contribution in [2.45, 2.75) is 13.8 Å². The van der Waals surface area contributed by atoms with Crippen molar-refractivity contribution in [1.29, 1.82) is 0 Å². The maximum absolute atomic E-state index is 11.8. The zero-order valence-corrected chi connectivity index (χ0v) is 14.5. The molecule has 0 saturated heterocycles. The van der Waals surface area contributed by atoms with Gasteiger partial charge < -0.3 is 4.74 Å². The lowest BCUT2D eigenvalue weighted by Gasteiger charge is -2.07. The van der Waals surface area contributed by atoms with Gasteiger partial charge in [-0.25, -0.2) is 5.43 Å². The molecule has 0 aliphatic heterocycles. The Hall–Kier alpha value is -3.14. The highest BCUT2D eigenvalue weighted by Gasteiger charge is 2.03. The first-order valence-corrected chi connectivity index (χ1v) is 8.06. The molecule has 4 heteroatoms. The minimum Gasteiger partial charge on any atom is -0.483 e. The summed E-state index contributed by atoms with van der Waals surface area (Å²) in [5.74, 6) is 0.403. The number of nitrogens with zero attached hydrogens (tertiary/aromatic N) is 1. The molecule has 0 radical (unpaired) electrons. The third-order valence-corrected chi connectivity index (χ3v) is 3.35. The molecule has 25 heavy (non-hydrogen) atoms. The van der Waals surface area contributed by atoms with Crippen LogP contribution in [0.2, 0.25) is 0 Å². The second kappa shape index (κ2) is 9.88. The fourth-order valence-electron chi connectivity index (χ4n) is 2.01. The molecule has 1 N–H and O–H groups in total. The number of rotatable bonds is 7. The summed E-state index contributed by atoms with van der Waals surface area (Å²) in [7, 11) is 0. The highest BCUT2D eigenvalue weighted by atomic mass is 16.5. The molecule has 0 atom stereocenters. The van der Waals surface area contributed by atoms with Crippen molar-refractivity contribution in [3.05, 3.63) is 84.0 Å². The van der Waals surface area contributed by atoms with Crippen molar-refractivity contribution in [3.63, 3.8) is 0 Å². The number of ether oxygens (including phenoxy) is 1. The second-order valence-corrected chi connectivity index (χ2v) is 5.47. The van der Waals surface area contributed by atoms with Gasteiger partial charge >= 0.3 is 0 Å². The van der Waals surface area contributed by atoms with Gasteiger partial charge in [0.2, 0.25) is 0 Å². The van der Waals surface area contributed by atoms with Gasteiger partial charge in [0.15, 0.2) is 6.61 Å². The summed E-state index contributed by atoms with van der Waals surface area (Å²) in [6.45, 7) is 3.68. The third-order valence-electron chi connectivity index (χ3n) is 3.35. The number of amides is 1. The van der Waals surface area contributed by atoms with E-state index in [2.05, 4.69) is 10.5 Å². The molecule has 2 aromatic carbocycles. The van der Waals surface area contributed by atoms with E-state index in [1.807, 2.05) is 92.7 Å². The van der Waals surface area contributed by atoms with Crippen LogP contribution < -0.4 is 10.2 Å². The zero-order chi connectivity index (χ0) is 17.9. The molecule has 0 aromatic heterocycles. The molecule has 0 aliphatic rings. The first-order valence-electron chi connectivity index (χ1n) is 8.06. The highest BCUT2D eigenvalue weighted by molar-refractivity contribution is 5.94. The Balaban J connectivity index is 1.76. The summed E-state index contributed by atoms with van der Waals surface area (Å²) in [6.07, 6.45) is 7.62. The normalized spacial score (nSPS) is 11.8. The van der Waals surface area contributed by atoms with Crippen molar-refractivity contribution in [1.82, 2.24) is 5.43 Å². The standard InChI is InChI=1S/C21H22N2O2/c1-17-10-6-9-15-20(17)25-16-21(24)23-22-18(2)11-7-8-14-19-12-4-3-5-13-19/h3-15H,16H2,1-2H3,(H,23,24)/b11-7+,14-8+,22-18-. The van der Waals surface area contributed by atoms with Crippen molar-refractivity contribution in [3.8, 4) is 5.75 Å². The summed E-state index contributed by atoms with van der Waals surface area (Å²) in [6, 6.07) is 17.6. The van der Waals surface area contributed by atoms with Crippen molar-refractivity contribution in [2.24, 2.45) is 5.10 Å². The quantitative estimate of drug-likeness (QED) is 0.470. The Morgan fingerprint density at radius 1 is 1.08 bits per heavy atom. The van der Waals surface area contributed by atoms with Crippen LogP contribution in [0.25, 0.3) is 6.08 Å². The van der Waals surface area contributed by atoms with E-state index in [1.165, 1.54) is 0 Å². The van der Waals surface area contributed by atoms with Gasteiger partial charge in [-0.15, -0.1) is 0 Å². The van der Waals surface area contributed by atoms with E-state index in [-0.39, 0.29) is 12.5 Å². The van der Waals surface area contributed by atoms with Crippen LogP contribution in [0.3, 0.4) is 0 Å². The fourth-order valence-corrected chi connectivity index (χ4v) is 2.01. The van der Waals surface area contributed by atoms with Crippen LogP contribution in [-0.2, 0) is 4.79 Å². The fraction of sp³-hybridized carbons (Fsp3) is 0.143. The molecular formula is C21H22N2O2. The molecule has 2 aromatic rings. The second-order valence-electron chi connectivity index (χ2n) is 5.47. The largest absolute Gasteiger partial charge is 0.483 e. The number of hydrogen-bond acceptors (Lipinski definition) is 3. The Kier molecular flexibility index (Phi) is 7.19. The van der Waals surface area contributed by atoms with Crippen LogP contribution >= 0.6 is 0 Å². The minimum absolute atomic E-state index is 0.0702. The predicted molar refractivity (Wildman–Crippen MR) is 103 cm³/mol. The van der Waals surface area contributed by atoms with Gasteiger partial charge in [-0.05, 0) is 37.1 Å². The minimum atomic E-state index is -0.296. The summed E-state index contributed by atoms with van der Waals surface area (Å²) >= 11 is 0. The molecule has 0 unspecified atom stereocenters. The number of allylic oxidation sites excluding steroid dienone is 3. The third kappa shape index (κ3) is 6.87. The summed E-state index contributed by atoms with van der Waals surface area (Å²) in [4.78, 5) is 11.8. The van der Waals surface area contributed by atoms with Crippen LogP contribution in [0.15, 0.2) is 77.9 Å². The number of hydrogen-bond donors (Lipinski definition) is 1. The maximum Gasteiger partial charge on any atom is 0.277 e. The maximum atomic E-state index is 11.8. The van der Waals surface area contributed by atoms with E-state index in [4.69, 9.17) is 4.74 Å². The van der Waals surface area contributed by atoms with Crippen LogP contribution in [0.4, 0.5) is 0 Å². The van der Waals surface area contributed by atoms with E-state index in [0.717, 1.165) is 11.1 Å². The molecule has 0 saturated carbocycles. The van der Waals surface area contributed by atoms with Crippen LogP contribution in [0.5, 0.6) is 5.75 Å². The number of para-hydroxylation sites is 1. The molecule has 0 spiro atoms. The number of nitrogens with one attached hydrogen (secondary N) is 1. The molecule has 0 aliphatic carbocycles. The summed E-state index contributed by atoms with van der Waals surface area (Å²) in [5, 5.41) is 4.02. The number of aryl methyl sites for hydroxylation is 1. The van der Waals surface area contributed by atoms with Gasteiger partial charge in [-0.1, -0.05) is 66.8 Å². The van der Waals surface area contributed by atoms with Gasteiger partial charge in [0.1, 0.15) is 5.75 Å². The lowest BCUT2D eigenvalue weighted by atomic mass is 10.2. The zero-order valence-electron chi connectivity index (χ0n) is 14.5. The molecule has 0 heterocycles. The van der Waals surface area contributed by atoms with E-state index in [0.29, 0.717) is 11.5 Å². The molecule has 0 bridgehead atoms. The first kappa shape index (κ1) is 18.2. The van der Waals surface area contributed by atoms with E-state index in [9.17, 15) is 4.79 Å². The van der Waals surface area contributed by atoms with Crippen LogP contribution in [0.1, 0.15) is 18.1 Å². The monoisotopic (exact) mass is 334 g/mol. The Bertz CT molecular complexity index is 777.